The fourth-order valence-corrected chi connectivity index (χ4v) is 2.23. The Morgan fingerprint density at radius 2 is 1.91 bits per heavy atom. The lowest BCUT2D eigenvalue weighted by Gasteiger charge is -2.07. The lowest BCUT2D eigenvalue weighted by atomic mass is 10.1. The van der Waals surface area contributed by atoms with Crippen LogP contribution in [0.25, 0.3) is 11.0 Å². The molecule has 1 aromatic heterocycles. The molecule has 0 saturated heterocycles. The topological polar surface area (TPSA) is 71.3 Å². The highest BCUT2D eigenvalue weighted by atomic mass is 16.3. The number of hydrogen-bond acceptors (Lipinski definition) is 3. The molecule has 0 atom stereocenters. The number of hydrogen-bond donors (Lipinski definition) is 2. The fourth-order valence-electron chi connectivity index (χ4n) is 2.23. The normalized spacial score (nSPS) is 10.9. The van der Waals surface area contributed by atoms with E-state index in [1.807, 2.05) is 30.3 Å². The van der Waals surface area contributed by atoms with Gasteiger partial charge in [0.1, 0.15) is 11.3 Å². The number of rotatable bonds is 8. The number of para-hydroxylation sites is 1. The molecule has 2 N–H and O–H groups in total. The van der Waals surface area contributed by atoms with Crippen molar-refractivity contribution in [3.05, 3.63) is 36.1 Å². The maximum Gasteiger partial charge on any atom is 0.239 e. The molecule has 0 unspecified atom stereocenters. The van der Waals surface area contributed by atoms with Crippen molar-refractivity contribution in [2.24, 2.45) is 5.92 Å². The molecule has 124 valence electrons. The van der Waals surface area contributed by atoms with Crippen molar-refractivity contribution in [2.45, 2.75) is 33.1 Å². The summed E-state index contributed by atoms with van der Waals surface area (Å²) in [5.74, 6) is 1.07. The number of fused-ring (bicyclic) bond motifs is 1. The third-order valence-corrected chi connectivity index (χ3v) is 3.56. The molecular formula is C18H24N2O3. The third-order valence-electron chi connectivity index (χ3n) is 3.56. The summed E-state index contributed by atoms with van der Waals surface area (Å²) >= 11 is 0. The summed E-state index contributed by atoms with van der Waals surface area (Å²) in [6, 6.07) is 9.79. The summed E-state index contributed by atoms with van der Waals surface area (Å²) in [4.78, 5) is 23.2. The van der Waals surface area contributed by atoms with Gasteiger partial charge in [-0.3, -0.25) is 9.59 Å². The molecular weight excluding hydrogens is 292 g/mol. The van der Waals surface area contributed by atoms with Crippen LogP contribution in [0.3, 0.4) is 0 Å². The van der Waals surface area contributed by atoms with Gasteiger partial charge in [0.25, 0.3) is 0 Å². The molecule has 5 nitrogen and oxygen atoms in total. The molecule has 0 fully saturated rings. The highest BCUT2D eigenvalue weighted by Crippen LogP contribution is 2.18. The van der Waals surface area contributed by atoms with Crippen LogP contribution in [0.4, 0.5) is 0 Å². The monoisotopic (exact) mass is 316 g/mol. The summed E-state index contributed by atoms with van der Waals surface area (Å²) in [5, 5.41) is 6.48. The number of amides is 2. The van der Waals surface area contributed by atoms with Gasteiger partial charge in [-0.2, -0.15) is 0 Å². The fraction of sp³-hybridized carbons (Fsp3) is 0.444. The van der Waals surface area contributed by atoms with Crippen molar-refractivity contribution >= 4 is 22.8 Å². The first-order valence-corrected chi connectivity index (χ1v) is 8.05. The number of carbonyl (C=O) groups is 2. The van der Waals surface area contributed by atoms with E-state index in [9.17, 15) is 9.59 Å². The molecule has 0 aliphatic heterocycles. The van der Waals surface area contributed by atoms with Crippen LogP contribution in [0.15, 0.2) is 34.7 Å². The average molecular weight is 316 g/mol. The van der Waals surface area contributed by atoms with Gasteiger partial charge in [-0.1, -0.05) is 32.0 Å². The van der Waals surface area contributed by atoms with E-state index in [4.69, 9.17) is 4.42 Å². The molecule has 2 amide bonds. The van der Waals surface area contributed by atoms with E-state index in [0.29, 0.717) is 25.3 Å². The Morgan fingerprint density at radius 3 is 2.65 bits per heavy atom. The Labute approximate surface area is 136 Å². The second kappa shape index (κ2) is 8.36. The smallest absolute Gasteiger partial charge is 0.239 e. The minimum atomic E-state index is -0.181. The molecule has 0 bridgehead atoms. The summed E-state index contributed by atoms with van der Waals surface area (Å²) in [5.41, 5.74) is 0.853. The van der Waals surface area contributed by atoms with Crippen LogP contribution < -0.4 is 10.6 Å². The van der Waals surface area contributed by atoms with E-state index in [-0.39, 0.29) is 18.4 Å². The molecule has 0 spiro atoms. The number of carbonyl (C=O) groups excluding carboxylic acids is 2. The zero-order valence-electron chi connectivity index (χ0n) is 13.7. The van der Waals surface area contributed by atoms with E-state index in [2.05, 4.69) is 24.5 Å². The Balaban J connectivity index is 1.65. The molecule has 5 heteroatoms. The summed E-state index contributed by atoms with van der Waals surface area (Å²) in [7, 11) is 0. The first kappa shape index (κ1) is 17.1. The van der Waals surface area contributed by atoms with Crippen molar-refractivity contribution in [1.82, 2.24) is 10.6 Å². The minimum absolute atomic E-state index is 0.0249. The minimum Gasteiger partial charge on any atom is -0.461 e. The number of benzene rings is 1. The zero-order valence-corrected chi connectivity index (χ0v) is 13.7. The number of nitrogens with one attached hydrogen (secondary N) is 2. The van der Waals surface area contributed by atoms with E-state index in [0.717, 1.165) is 23.2 Å². The van der Waals surface area contributed by atoms with Gasteiger partial charge >= 0.3 is 0 Å². The van der Waals surface area contributed by atoms with Crippen molar-refractivity contribution in [1.29, 1.82) is 0 Å². The van der Waals surface area contributed by atoms with Gasteiger partial charge < -0.3 is 15.1 Å². The highest BCUT2D eigenvalue weighted by Gasteiger charge is 2.07. The van der Waals surface area contributed by atoms with Gasteiger partial charge in [-0.15, -0.1) is 0 Å². The van der Waals surface area contributed by atoms with E-state index < -0.39 is 0 Å². The predicted octanol–water partition coefficient (Wildman–Crippen LogP) is 2.64. The van der Waals surface area contributed by atoms with Crippen LogP contribution in [-0.4, -0.2) is 24.9 Å². The molecule has 1 heterocycles. The van der Waals surface area contributed by atoms with Crippen LogP contribution in [0.1, 0.15) is 32.4 Å². The molecule has 23 heavy (non-hydrogen) atoms. The van der Waals surface area contributed by atoms with Gasteiger partial charge in [0.05, 0.1) is 6.54 Å². The summed E-state index contributed by atoms with van der Waals surface area (Å²) < 4.78 is 5.68. The van der Waals surface area contributed by atoms with Gasteiger partial charge in [-0.25, -0.2) is 0 Å². The Hall–Kier alpha value is -2.30. The summed E-state index contributed by atoms with van der Waals surface area (Å²) in [6.07, 6.45) is 1.92. The maximum atomic E-state index is 11.7. The van der Waals surface area contributed by atoms with Crippen molar-refractivity contribution in [2.75, 3.05) is 13.1 Å². The lowest BCUT2D eigenvalue weighted by molar-refractivity contribution is -0.126. The molecule has 0 radical (unpaired) electrons. The van der Waals surface area contributed by atoms with Crippen molar-refractivity contribution in [3.63, 3.8) is 0 Å². The van der Waals surface area contributed by atoms with Crippen molar-refractivity contribution in [3.8, 4) is 0 Å². The SMILES string of the molecule is CC(C)CCC(=O)NCC(=O)NCCc1cc2ccccc2o1. The predicted molar refractivity (Wildman–Crippen MR) is 90.0 cm³/mol. The van der Waals surface area contributed by atoms with Gasteiger partial charge in [0, 0.05) is 24.8 Å². The van der Waals surface area contributed by atoms with Crippen molar-refractivity contribution < 1.29 is 14.0 Å². The molecule has 1 aromatic carbocycles. The third kappa shape index (κ3) is 5.77. The van der Waals surface area contributed by atoms with Gasteiger partial charge in [-0.05, 0) is 24.5 Å². The zero-order chi connectivity index (χ0) is 16.7. The average Bonchev–Trinajstić information content (AvgIpc) is 2.93. The lowest BCUT2D eigenvalue weighted by Crippen LogP contribution is -2.37. The van der Waals surface area contributed by atoms with E-state index in [1.54, 1.807) is 0 Å². The van der Waals surface area contributed by atoms with Crippen LogP contribution in [0.5, 0.6) is 0 Å². The van der Waals surface area contributed by atoms with E-state index >= 15 is 0 Å². The van der Waals surface area contributed by atoms with Crippen LogP contribution >= 0.6 is 0 Å². The Morgan fingerprint density at radius 1 is 1.13 bits per heavy atom. The Kier molecular flexibility index (Phi) is 6.20. The van der Waals surface area contributed by atoms with E-state index in [1.165, 1.54) is 0 Å². The standard InChI is InChI=1S/C18H24N2O3/c1-13(2)7-8-17(21)20-12-18(22)19-10-9-15-11-14-5-3-4-6-16(14)23-15/h3-6,11,13H,7-10,12H2,1-2H3,(H,19,22)(H,20,21). The largest absolute Gasteiger partial charge is 0.461 e. The van der Waals surface area contributed by atoms with Gasteiger partial charge in [0.2, 0.25) is 11.8 Å². The highest BCUT2D eigenvalue weighted by molar-refractivity contribution is 5.84. The molecule has 2 aromatic rings. The Bertz CT molecular complexity index is 628. The molecule has 2 rings (SSSR count). The second-order valence-electron chi connectivity index (χ2n) is 6.06. The molecule has 0 aliphatic carbocycles. The van der Waals surface area contributed by atoms with Crippen LogP contribution in [0.2, 0.25) is 0 Å². The van der Waals surface area contributed by atoms with Crippen LogP contribution in [0, 0.1) is 5.92 Å². The maximum absolute atomic E-state index is 11.7. The molecule has 0 saturated carbocycles. The first-order chi connectivity index (χ1) is 11.0. The quantitative estimate of drug-likeness (QED) is 0.786. The number of furan rings is 1. The first-order valence-electron chi connectivity index (χ1n) is 8.05. The second-order valence-corrected chi connectivity index (χ2v) is 6.06. The summed E-state index contributed by atoms with van der Waals surface area (Å²) in [6.45, 7) is 4.65. The van der Waals surface area contributed by atoms with Gasteiger partial charge in [0.15, 0.2) is 0 Å². The van der Waals surface area contributed by atoms with Crippen LogP contribution in [-0.2, 0) is 16.0 Å². The molecule has 0 aliphatic rings.